The highest BCUT2D eigenvalue weighted by atomic mass is 19.1. The van der Waals surface area contributed by atoms with Gasteiger partial charge >= 0.3 is 12.2 Å². The zero-order valence-electron chi connectivity index (χ0n) is 23.0. The number of nitrogens with zero attached hydrogens (tertiary/aromatic N) is 5. The fraction of sp³-hybridized carbons (Fsp3) is 0.500. The normalized spacial score (nSPS) is 19.1. The van der Waals surface area contributed by atoms with Gasteiger partial charge in [-0.15, -0.1) is 10.2 Å². The number of ether oxygens (including phenoxy) is 4. The van der Waals surface area contributed by atoms with Crippen molar-refractivity contribution in [3.63, 3.8) is 0 Å². The molecule has 40 heavy (non-hydrogen) atoms. The van der Waals surface area contributed by atoms with Crippen molar-refractivity contribution in [2.75, 3.05) is 38.3 Å². The van der Waals surface area contributed by atoms with Crippen molar-refractivity contribution < 1.29 is 32.9 Å². The van der Waals surface area contributed by atoms with Gasteiger partial charge in [-0.2, -0.15) is 0 Å². The van der Waals surface area contributed by atoms with E-state index >= 15 is 4.39 Å². The van der Waals surface area contributed by atoms with Gasteiger partial charge in [-0.1, -0.05) is 0 Å². The Morgan fingerprint density at radius 1 is 1.05 bits per heavy atom. The lowest BCUT2D eigenvalue weighted by atomic mass is 9.90. The van der Waals surface area contributed by atoms with Crippen molar-refractivity contribution >= 4 is 23.7 Å². The second-order valence-electron chi connectivity index (χ2n) is 11.4. The number of amides is 2. The average Bonchev–Trinajstić information content (AvgIpc) is 3.58. The molecule has 0 bridgehead atoms. The number of rotatable bonds is 1. The van der Waals surface area contributed by atoms with Gasteiger partial charge in [0.25, 0.3) is 0 Å². The highest BCUT2D eigenvalue weighted by Crippen LogP contribution is 2.44. The maximum atomic E-state index is 15.4. The molecule has 3 aromatic rings. The third-order valence-corrected chi connectivity index (χ3v) is 7.64. The van der Waals surface area contributed by atoms with E-state index in [0.29, 0.717) is 66.6 Å². The van der Waals surface area contributed by atoms with E-state index in [4.69, 9.17) is 18.9 Å². The van der Waals surface area contributed by atoms with Gasteiger partial charge in [-0.3, -0.25) is 9.30 Å². The van der Waals surface area contributed by atoms with Gasteiger partial charge in [0, 0.05) is 29.8 Å². The van der Waals surface area contributed by atoms with Crippen molar-refractivity contribution in [2.24, 2.45) is 0 Å². The summed E-state index contributed by atoms with van der Waals surface area (Å²) in [6.07, 6.45) is 1.92. The first-order chi connectivity index (χ1) is 19.1. The quantitative estimate of drug-likeness (QED) is 0.430. The van der Waals surface area contributed by atoms with Crippen LogP contribution in [0.1, 0.15) is 62.1 Å². The van der Waals surface area contributed by atoms with Gasteiger partial charge in [0.1, 0.15) is 23.5 Å². The number of pyridine rings is 1. The number of carbonyl (C=O) groups excluding carboxylic acids is 2. The summed E-state index contributed by atoms with van der Waals surface area (Å²) in [7, 11) is 1.38. The van der Waals surface area contributed by atoms with Crippen molar-refractivity contribution in [2.45, 2.75) is 57.6 Å². The number of hydrogen-bond donors (Lipinski definition) is 0. The third-order valence-electron chi connectivity index (χ3n) is 7.64. The van der Waals surface area contributed by atoms with Crippen LogP contribution < -0.4 is 14.4 Å². The summed E-state index contributed by atoms with van der Waals surface area (Å²) in [6.45, 7) is 6.90. The summed E-state index contributed by atoms with van der Waals surface area (Å²) in [6, 6.07) is 4.88. The minimum absolute atomic E-state index is 0.0696. The molecule has 0 N–H and O–H groups in total. The number of hydrogen-bond acceptors (Lipinski definition) is 8. The molecule has 212 valence electrons. The second-order valence-corrected chi connectivity index (χ2v) is 11.4. The van der Waals surface area contributed by atoms with E-state index in [1.165, 1.54) is 24.4 Å². The Morgan fingerprint density at radius 3 is 2.48 bits per heavy atom. The van der Waals surface area contributed by atoms with Gasteiger partial charge in [-0.25, -0.2) is 14.0 Å². The first-order valence-electron chi connectivity index (χ1n) is 13.4. The van der Waals surface area contributed by atoms with Gasteiger partial charge < -0.3 is 23.8 Å². The fourth-order valence-corrected chi connectivity index (χ4v) is 5.80. The Kier molecular flexibility index (Phi) is 6.42. The zero-order valence-corrected chi connectivity index (χ0v) is 23.0. The SMILES string of the molecule is COC(=O)N1CCC(c2cc3c(n4cnnc24)N(C(=O)OC(C)(C)C)Cc2c(F)ccc4c2[C@H](CO4)CO3)CC1. The molecule has 5 heterocycles. The average molecular weight is 554 g/mol. The first-order valence-corrected chi connectivity index (χ1v) is 13.4. The molecule has 0 radical (unpaired) electrons. The monoisotopic (exact) mass is 553 g/mol. The number of methoxy groups -OCH3 is 1. The predicted octanol–water partition coefficient (Wildman–Crippen LogP) is 4.62. The van der Waals surface area contributed by atoms with E-state index in [-0.39, 0.29) is 31.1 Å². The Balaban J connectivity index is 1.47. The van der Waals surface area contributed by atoms with Gasteiger partial charge in [0.05, 0.1) is 32.8 Å². The molecule has 1 aromatic carbocycles. The standard InChI is InChI=1S/C28H32FN5O6/c1-28(2,3)40-27(36)33-12-19-20(29)5-6-21-23(19)17(13-38-21)14-39-22-11-18(24-31-30-15-34(24)25(22)33)16-7-9-32(10-8-16)26(35)37-4/h5-6,11,15-17H,7-10,12-14H2,1-4H3/t17-/m1/s1. The number of benzene rings is 1. The van der Waals surface area contributed by atoms with Crippen LogP contribution in [0.3, 0.4) is 0 Å². The van der Waals surface area contributed by atoms with Crippen LogP contribution in [0.2, 0.25) is 0 Å². The van der Waals surface area contributed by atoms with E-state index in [0.717, 1.165) is 5.56 Å². The maximum absolute atomic E-state index is 15.4. The van der Waals surface area contributed by atoms with Crippen molar-refractivity contribution in [3.8, 4) is 11.5 Å². The van der Waals surface area contributed by atoms with E-state index in [1.54, 1.807) is 36.1 Å². The topological polar surface area (TPSA) is 108 Å². The molecule has 0 saturated carbocycles. The number of aromatic nitrogens is 3. The van der Waals surface area contributed by atoms with Crippen LogP contribution in [0.25, 0.3) is 5.65 Å². The smallest absolute Gasteiger partial charge is 0.416 e. The number of piperidine rings is 1. The lowest BCUT2D eigenvalue weighted by Crippen LogP contribution is -2.38. The summed E-state index contributed by atoms with van der Waals surface area (Å²) >= 11 is 0. The van der Waals surface area contributed by atoms with Gasteiger partial charge in [0.15, 0.2) is 17.2 Å². The summed E-state index contributed by atoms with van der Waals surface area (Å²) in [5.41, 5.74) is 1.74. The Bertz CT molecular complexity index is 1480. The van der Waals surface area contributed by atoms with E-state index in [9.17, 15) is 9.59 Å². The van der Waals surface area contributed by atoms with Crippen LogP contribution in [0.5, 0.6) is 11.5 Å². The Morgan fingerprint density at radius 2 is 1.77 bits per heavy atom. The number of likely N-dealkylation sites (tertiary alicyclic amines) is 1. The summed E-state index contributed by atoms with van der Waals surface area (Å²) in [5.74, 6) is 0.816. The lowest BCUT2D eigenvalue weighted by Gasteiger charge is -2.32. The summed E-state index contributed by atoms with van der Waals surface area (Å²) < 4.78 is 40.1. The van der Waals surface area contributed by atoms with E-state index in [2.05, 4.69) is 10.2 Å². The Labute approximate surface area is 230 Å². The first kappa shape index (κ1) is 26.1. The molecular weight excluding hydrogens is 521 g/mol. The van der Waals surface area contributed by atoms with Crippen molar-refractivity contribution in [1.82, 2.24) is 19.5 Å². The summed E-state index contributed by atoms with van der Waals surface area (Å²) in [5, 5.41) is 8.57. The number of fused-ring (bicyclic) bond motifs is 3. The van der Waals surface area contributed by atoms with Crippen molar-refractivity contribution in [1.29, 1.82) is 0 Å². The molecule has 3 aliphatic heterocycles. The molecular formula is C28H32FN5O6. The molecule has 6 rings (SSSR count). The molecule has 1 atom stereocenters. The molecule has 0 aliphatic carbocycles. The molecule has 11 nitrogen and oxygen atoms in total. The number of anilines is 1. The molecule has 3 aliphatic rings. The van der Waals surface area contributed by atoms with Crippen LogP contribution in [0, 0.1) is 5.82 Å². The molecule has 0 spiro atoms. The zero-order chi connectivity index (χ0) is 28.2. The second kappa shape index (κ2) is 9.83. The number of carbonyl (C=O) groups is 2. The highest BCUT2D eigenvalue weighted by molar-refractivity contribution is 5.90. The van der Waals surface area contributed by atoms with E-state index in [1.807, 2.05) is 6.07 Å². The van der Waals surface area contributed by atoms with Crippen molar-refractivity contribution in [3.05, 3.63) is 47.0 Å². The molecule has 2 amide bonds. The Hall–Kier alpha value is -4.09. The molecule has 12 heteroatoms. The molecule has 1 fully saturated rings. The van der Waals surface area contributed by atoms with Crippen LogP contribution in [0.4, 0.5) is 19.8 Å². The lowest BCUT2D eigenvalue weighted by molar-refractivity contribution is 0.0574. The predicted molar refractivity (Wildman–Crippen MR) is 141 cm³/mol. The molecule has 1 saturated heterocycles. The molecule has 0 unspecified atom stereocenters. The fourth-order valence-electron chi connectivity index (χ4n) is 5.80. The van der Waals surface area contributed by atoms with Crippen LogP contribution in [0.15, 0.2) is 24.5 Å². The number of halogens is 1. The van der Waals surface area contributed by atoms with Crippen LogP contribution in [-0.4, -0.2) is 70.7 Å². The minimum atomic E-state index is -0.792. The van der Waals surface area contributed by atoms with Gasteiger partial charge in [-0.05, 0) is 57.7 Å². The van der Waals surface area contributed by atoms with Gasteiger partial charge in [0.2, 0.25) is 0 Å². The van der Waals surface area contributed by atoms with E-state index < -0.39 is 17.5 Å². The largest absolute Gasteiger partial charge is 0.493 e. The summed E-state index contributed by atoms with van der Waals surface area (Å²) in [4.78, 5) is 28.8. The van der Waals surface area contributed by atoms with Crippen LogP contribution in [-0.2, 0) is 16.0 Å². The molecule has 2 aromatic heterocycles. The third kappa shape index (κ3) is 4.54. The minimum Gasteiger partial charge on any atom is -0.493 e. The van der Waals surface area contributed by atoms with Crippen LogP contribution >= 0.6 is 0 Å². The maximum Gasteiger partial charge on any atom is 0.416 e. The highest BCUT2D eigenvalue weighted by Gasteiger charge is 2.37.